The monoisotopic (exact) mass is 583 g/mol. The van der Waals surface area contributed by atoms with Crippen molar-refractivity contribution in [2.75, 3.05) is 17.5 Å². The number of fused-ring (bicyclic) bond motifs is 1. The van der Waals surface area contributed by atoms with Crippen molar-refractivity contribution in [2.24, 2.45) is 0 Å². The third-order valence-corrected chi connectivity index (χ3v) is 7.64. The Bertz CT molecular complexity index is 1830. The van der Waals surface area contributed by atoms with Gasteiger partial charge in [-0.15, -0.1) is 11.3 Å². The lowest BCUT2D eigenvalue weighted by molar-refractivity contribution is 0.0954. The predicted molar refractivity (Wildman–Crippen MR) is 155 cm³/mol. The summed E-state index contributed by atoms with van der Waals surface area (Å²) in [5.74, 6) is -0.896. The first kappa shape index (κ1) is 28.7. The molecule has 0 saturated heterocycles. The number of sulfonamides is 1. The molecule has 2 aromatic carbocycles. The maximum atomic E-state index is 14.0. The molecular weight excluding hydrogens is 557 g/mol. The molecule has 9 nitrogen and oxygen atoms in total. The fourth-order valence-electron chi connectivity index (χ4n) is 4.21. The van der Waals surface area contributed by atoms with Gasteiger partial charge in [-0.25, -0.2) is 17.4 Å². The number of aromatic nitrogens is 1. The van der Waals surface area contributed by atoms with Gasteiger partial charge in [0, 0.05) is 29.6 Å². The molecular formula is C28H26FN3O6S2. The zero-order valence-electron chi connectivity index (χ0n) is 22.1. The van der Waals surface area contributed by atoms with Gasteiger partial charge in [0.15, 0.2) is 0 Å². The predicted octanol–water partition coefficient (Wildman–Crippen LogP) is 5.23. The van der Waals surface area contributed by atoms with Crippen LogP contribution in [0.3, 0.4) is 0 Å². The van der Waals surface area contributed by atoms with Crippen molar-refractivity contribution < 1.29 is 27.1 Å². The molecule has 2 N–H and O–H groups in total. The summed E-state index contributed by atoms with van der Waals surface area (Å²) in [7, 11) is -3.66. The van der Waals surface area contributed by atoms with E-state index in [1.807, 2.05) is 0 Å². The van der Waals surface area contributed by atoms with E-state index in [0.29, 0.717) is 39.2 Å². The SMILES string of the molecule is C=CC(=O)n1cc(-c2cc(NS(C)(=O)=O)ccc2Oc2c(C)cc(F)cc2C)c2sc(C(=O)NCC)cc2c1=O. The van der Waals surface area contributed by atoms with E-state index in [2.05, 4.69) is 16.6 Å². The highest BCUT2D eigenvalue weighted by Crippen LogP contribution is 2.42. The summed E-state index contributed by atoms with van der Waals surface area (Å²) in [6, 6.07) is 8.57. The molecule has 2 aromatic heterocycles. The third-order valence-electron chi connectivity index (χ3n) is 5.87. The molecule has 0 fully saturated rings. The molecule has 0 bridgehead atoms. The molecule has 0 spiro atoms. The van der Waals surface area contributed by atoms with E-state index in [1.165, 1.54) is 42.6 Å². The van der Waals surface area contributed by atoms with Crippen molar-refractivity contribution in [3.05, 3.63) is 87.4 Å². The van der Waals surface area contributed by atoms with Gasteiger partial charge in [0.2, 0.25) is 10.0 Å². The minimum atomic E-state index is -3.66. The molecule has 1 amide bonds. The fourth-order valence-corrected chi connectivity index (χ4v) is 5.86. The lowest BCUT2D eigenvalue weighted by Gasteiger charge is -2.18. The zero-order chi connectivity index (χ0) is 29.4. The van der Waals surface area contributed by atoms with E-state index < -0.39 is 33.2 Å². The van der Waals surface area contributed by atoms with Crippen LogP contribution < -0.4 is 20.3 Å². The molecule has 4 rings (SSSR count). The number of aryl methyl sites for hydroxylation is 2. The van der Waals surface area contributed by atoms with Gasteiger partial charge in [-0.1, -0.05) is 6.58 Å². The average molecular weight is 584 g/mol. The third kappa shape index (κ3) is 5.82. The lowest BCUT2D eigenvalue weighted by Crippen LogP contribution is -2.25. The summed E-state index contributed by atoms with van der Waals surface area (Å²) in [5.41, 5.74) is 1.24. The van der Waals surface area contributed by atoms with Crippen LogP contribution >= 0.6 is 11.3 Å². The second kappa shape index (κ2) is 11.1. The number of pyridine rings is 1. The number of rotatable bonds is 8. The molecule has 0 atom stereocenters. The number of halogens is 1. The Balaban J connectivity index is 2.06. The minimum Gasteiger partial charge on any atom is -0.456 e. The smallest absolute Gasteiger partial charge is 0.266 e. The maximum absolute atomic E-state index is 14.0. The number of nitrogens with one attached hydrogen (secondary N) is 2. The van der Waals surface area contributed by atoms with E-state index in [-0.39, 0.29) is 21.7 Å². The van der Waals surface area contributed by atoms with Crippen LogP contribution in [0.1, 0.15) is 32.5 Å². The van der Waals surface area contributed by atoms with Crippen molar-refractivity contribution in [1.82, 2.24) is 9.88 Å². The van der Waals surface area contributed by atoms with Crippen molar-refractivity contribution in [1.29, 1.82) is 0 Å². The van der Waals surface area contributed by atoms with Crippen LogP contribution in [0.5, 0.6) is 11.5 Å². The van der Waals surface area contributed by atoms with Crippen LogP contribution in [0.4, 0.5) is 10.1 Å². The summed E-state index contributed by atoms with van der Waals surface area (Å²) in [6.07, 6.45) is 3.29. The Labute approximate surface area is 234 Å². The van der Waals surface area contributed by atoms with Gasteiger partial charge in [0.25, 0.3) is 17.4 Å². The van der Waals surface area contributed by atoms with Gasteiger partial charge in [-0.05, 0) is 74.4 Å². The van der Waals surface area contributed by atoms with Gasteiger partial charge >= 0.3 is 0 Å². The number of anilines is 1. The zero-order valence-corrected chi connectivity index (χ0v) is 23.8. The van der Waals surface area contributed by atoms with Crippen LogP contribution in [-0.2, 0) is 10.0 Å². The standard InChI is InChI=1S/C28H26FN3O6S2/c1-6-24(33)32-14-21(26-20(28(32)35)13-23(39-26)27(34)30-7-2)19-12-18(31-40(5,36)37)8-9-22(19)38-25-15(3)10-17(29)11-16(25)4/h6,8-14,31H,1,7H2,2-5H3,(H,30,34). The van der Waals surface area contributed by atoms with Gasteiger partial charge in [0.1, 0.15) is 17.3 Å². The summed E-state index contributed by atoms with van der Waals surface area (Å²) in [4.78, 5) is 38.8. The fraction of sp³-hybridized carbons (Fsp3) is 0.179. The second-order valence-corrected chi connectivity index (χ2v) is 11.8. The number of hydrogen-bond acceptors (Lipinski definition) is 7. The Hall–Kier alpha value is -4.29. The highest BCUT2D eigenvalue weighted by molar-refractivity contribution is 7.92. The van der Waals surface area contributed by atoms with E-state index in [9.17, 15) is 27.2 Å². The largest absolute Gasteiger partial charge is 0.456 e. The number of hydrogen-bond donors (Lipinski definition) is 2. The van der Waals surface area contributed by atoms with E-state index in [0.717, 1.165) is 28.2 Å². The van der Waals surface area contributed by atoms with Gasteiger partial charge in [-0.3, -0.25) is 19.1 Å². The van der Waals surface area contributed by atoms with Gasteiger partial charge in [0.05, 0.1) is 21.2 Å². The molecule has 40 heavy (non-hydrogen) atoms. The van der Waals surface area contributed by atoms with Gasteiger partial charge < -0.3 is 10.1 Å². The van der Waals surface area contributed by atoms with E-state index >= 15 is 0 Å². The van der Waals surface area contributed by atoms with Crippen LogP contribution in [-0.4, -0.2) is 37.6 Å². The molecule has 208 valence electrons. The normalized spacial score (nSPS) is 11.3. The molecule has 4 aromatic rings. The van der Waals surface area contributed by atoms with Crippen LogP contribution in [0.15, 0.2) is 60.0 Å². The quantitative estimate of drug-likeness (QED) is 0.274. The molecule has 0 aliphatic heterocycles. The number of nitrogens with zero attached hydrogens (tertiary/aromatic N) is 1. The molecule has 0 saturated carbocycles. The molecule has 0 aliphatic rings. The molecule has 0 unspecified atom stereocenters. The van der Waals surface area contributed by atoms with Crippen molar-refractivity contribution in [3.8, 4) is 22.6 Å². The van der Waals surface area contributed by atoms with E-state index in [4.69, 9.17) is 4.74 Å². The summed E-state index contributed by atoms with van der Waals surface area (Å²) in [5, 5.41) is 2.81. The number of thiophene rings is 1. The second-order valence-electron chi connectivity index (χ2n) is 9.03. The molecule has 2 heterocycles. The Morgan fingerprint density at radius 1 is 1.12 bits per heavy atom. The summed E-state index contributed by atoms with van der Waals surface area (Å²) < 4.78 is 47.9. The first-order valence-electron chi connectivity index (χ1n) is 12.0. The van der Waals surface area contributed by atoms with Crippen molar-refractivity contribution >= 4 is 48.9 Å². The van der Waals surface area contributed by atoms with Crippen molar-refractivity contribution in [2.45, 2.75) is 20.8 Å². The molecule has 0 aliphatic carbocycles. The number of allylic oxidation sites excluding steroid dienone is 1. The summed E-state index contributed by atoms with van der Waals surface area (Å²) in [6.45, 7) is 8.97. The van der Waals surface area contributed by atoms with Crippen LogP contribution in [0.2, 0.25) is 0 Å². The maximum Gasteiger partial charge on any atom is 0.266 e. The first-order chi connectivity index (χ1) is 18.8. The lowest BCUT2D eigenvalue weighted by atomic mass is 10.0. The number of benzene rings is 2. The Morgan fingerprint density at radius 2 is 1.80 bits per heavy atom. The number of carbonyl (C=O) groups excluding carboxylic acids is 2. The summed E-state index contributed by atoms with van der Waals surface area (Å²) >= 11 is 1.04. The minimum absolute atomic E-state index is 0.112. The van der Waals surface area contributed by atoms with Crippen LogP contribution in [0, 0.1) is 19.7 Å². The Kier molecular flexibility index (Phi) is 7.94. The van der Waals surface area contributed by atoms with Gasteiger partial charge in [-0.2, -0.15) is 0 Å². The number of carbonyl (C=O) groups is 2. The van der Waals surface area contributed by atoms with Crippen LogP contribution in [0.25, 0.3) is 21.2 Å². The van der Waals surface area contributed by atoms with E-state index in [1.54, 1.807) is 20.8 Å². The topological polar surface area (TPSA) is 124 Å². The first-order valence-corrected chi connectivity index (χ1v) is 14.7. The Morgan fingerprint density at radius 3 is 2.40 bits per heavy atom. The molecule has 12 heteroatoms. The number of amides is 1. The van der Waals surface area contributed by atoms with Crippen molar-refractivity contribution in [3.63, 3.8) is 0 Å². The molecule has 0 radical (unpaired) electrons. The number of ether oxygens (including phenoxy) is 1. The average Bonchev–Trinajstić information content (AvgIpc) is 3.32. The highest BCUT2D eigenvalue weighted by atomic mass is 32.2. The highest BCUT2D eigenvalue weighted by Gasteiger charge is 2.22.